The maximum Gasteiger partial charge on any atom is 0.126 e. The predicted molar refractivity (Wildman–Crippen MR) is 78.5 cm³/mol. The number of ether oxygens (including phenoxy) is 2. The lowest BCUT2D eigenvalue weighted by Crippen LogP contribution is -2.06. The molecule has 1 aromatic carbocycles. The average Bonchev–Trinajstić information content (AvgIpc) is 2.36. The zero-order valence-electron chi connectivity index (χ0n) is 10.7. The fraction of sp³-hybridized carbons (Fsp3) is 0.429. The van der Waals surface area contributed by atoms with Crippen LogP contribution in [0.15, 0.2) is 29.3 Å². The molecule has 0 heterocycles. The molecule has 0 amide bonds. The molecule has 0 atom stereocenters. The van der Waals surface area contributed by atoms with Crippen LogP contribution in [0, 0.1) is 0 Å². The normalized spacial score (nSPS) is 10.2. The van der Waals surface area contributed by atoms with Gasteiger partial charge in [0.2, 0.25) is 0 Å². The molecule has 0 saturated carbocycles. The maximum absolute atomic E-state index is 5.69. The van der Waals surface area contributed by atoms with E-state index >= 15 is 0 Å². The Morgan fingerprint density at radius 1 is 1.39 bits per heavy atom. The molecule has 0 aliphatic carbocycles. The van der Waals surface area contributed by atoms with Crippen LogP contribution in [0.2, 0.25) is 0 Å². The Labute approximate surface area is 117 Å². The van der Waals surface area contributed by atoms with Gasteiger partial charge in [0.05, 0.1) is 6.61 Å². The van der Waals surface area contributed by atoms with Gasteiger partial charge in [-0.15, -0.1) is 0 Å². The van der Waals surface area contributed by atoms with E-state index in [4.69, 9.17) is 15.2 Å². The van der Waals surface area contributed by atoms with Gasteiger partial charge in [0, 0.05) is 10.5 Å². The maximum atomic E-state index is 5.69. The third kappa shape index (κ3) is 5.10. The van der Waals surface area contributed by atoms with Crippen molar-refractivity contribution in [2.45, 2.75) is 19.8 Å². The van der Waals surface area contributed by atoms with Crippen LogP contribution in [0.4, 0.5) is 0 Å². The van der Waals surface area contributed by atoms with Crippen molar-refractivity contribution in [2.75, 3.05) is 19.8 Å². The fourth-order valence-electron chi connectivity index (χ4n) is 1.50. The molecule has 0 aliphatic rings. The van der Waals surface area contributed by atoms with Crippen LogP contribution in [0.5, 0.6) is 11.5 Å². The molecular formula is C14H20BrNO2. The summed E-state index contributed by atoms with van der Waals surface area (Å²) in [6, 6.07) is 5.87. The van der Waals surface area contributed by atoms with E-state index < -0.39 is 0 Å². The molecule has 0 radical (unpaired) electrons. The average molecular weight is 314 g/mol. The second-order valence-corrected chi connectivity index (χ2v) is 5.08. The second-order valence-electron chi connectivity index (χ2n) is 3.96. The zero-order valence-corrected chi connectivity index (χ0v) is 12.3. The quantitative estimate of drug-likeness (QED) is 0.801. The Kier molecular flexibility index (Phi) is 6.83. The van der Waals surface area contributed by atoms with E-state index in [0.29, 0.717) is 19.8 Å². The Morgan fingerprint density at radius 2 is 2.17 bits per heavy atom. The molecule has 0 saturated heterocycles. The molecule has 1 aromatic rings. The molecule has 4 heteroatoms. The van der Waals surface area contributed by atoms with Gasteiger partial charge in [-0.3, -0.25) is 0 Å². The largest absolute Gasteiger partial charge is 0.493 e. The first-order valence-corrected chi connectivity index (χ1v) is 6.88. The molecular weight excluding hydrogens is 294 g/mol. The molecule has 0 fully saturated rings. The molecule has 0 bridgehead atoms. The number of nitrogens with two attached hydrogens (primary N) is 1. The summed E-state index contributed by atoms with van der Waals surface area (Å²) in [4.78, 5) is 0. The van der Waals surface area contributed by atoms with Crippen LogP contribution in [0.1, 0.15) is 18.9 Å². The van der Waals surface area contributed by atoms with Crippen molar-refractivity contribution in [3.05, 3.63) is 34.8 Å². The SMILES string of the molecule is C=C(Br)COc1cc(OCCC)ccc1CCN. The highest BCUT2D eigenvalue weighted by atomic mass is 79.9. The lowest BCUT2D eigenvalue weighted by molar-refractivity contribution is 0.311. The smallest absolute Gasteiger partial charge is 0.126 e. The molecule has 1 rings (SSSR count). The number of halogens is 1. The molecule has 3 nitrogen and oxygen atoms in total. The zero-order chi connectivity index (χ0) is 13.4. The highest BCUT2D eigenvalue weighted by molar-refractivity contribution is 9.11. The predicted octanol–water partition coefficient (Wildman–Crippen LogP) is 3.26. The van der Waals surface area contributed by atoms with Crippen LogP contribution >= 0.6 is 15.9 Å². The van der Waals surface area contributed by atoms with Crippen molar-refractivity contribution in [1.82, 2.24) is 0 Å². The minimum atomic E-state index is 0.439. The summed E-state index contributed by atoms with van der Waals surface area (Å²) in [6.45, 7) is 7.58. The Bertz CT molecular complexity index is 393. The topological polar surface area (TPSA) is 44.5 Å². The fourth-order valence-corrected chi connectivity index (χ4v) is 1.61. The molecule has 2 N–H and O–H groups in total. The minimum Gasteiger partial charge on any atom is -0.493 e. The van der Waals surface area contributed by atoms with Crippen LogP contribution < -0.4 is 15.2 Å². The van der Waals surface area contributed by atoms with Gasteiger partial charge in [-0.25, -0.2) is 0 Å². The second kappa shape index (κ2) is 8.16. The van der Waals surface area contributed by atoms with Crippen molar-refractivity contribution in [3.63, 3.8) is 0 Å². The van der Waals surface area contributed by atoms with Gasteiger partial charge in [0.1, 0.15) is 18.1 Å². The van der Waals surface area contributed by atoms with E-state index in [9.17, 15) is 0 Å². The van der Waals surface area contributed by atoms with Gasteiger partial charge in [-0.2, -0.15) is 0 Å². The number of rotatable bonds is 8. The van der Waals surface area contributed by atoms with Gasteiger partial charge in [0.15, 0.2) is 0 Å². The first kappa shape index (κ1) is 15.1. The lowest BCUT2D eigenvalue weighted by Gasteiger charge is -2.13. The highest BCUT2D eigenvalue weighted by Crippen LogP contribution is 2.26. The summed E-state index contributed by atoms with van der Waals surface area (Å²) in [5.74, 6) is 1.64. The van der Waals surface area contributed by atoms with E-state index in [1.807, 2.05) is 18.2 Å². The molecule has 0 spiro atoms. The number of hydrogen-bond acceptors (Lipinski definition) is 3. The van der Waals surface area contributed by atoms with E-state index in [-0.39, 0.29) is 0 Å². The molecule has 0 aromatic heterocycles. The molecule has 18 heavy (non-hydrogen) atoms. The Morgan fingerprint density at radius 3 is 2.78 bits per heavy atom. The molecule has 0 unspecified atom stereocenters. The number of benzene rings is 1. The van der Waals surface area contributed by atoms with Crippen molar-refractivity contribution in [3.8, 4) is 11.5 Å². The number of hydrogen-bond donors (Lipinski definition) is 1. The third-order valence-electron chi connectivity index (χ3n) is 2.31. The van der Waals surface area contributed by atoms with Gasteiger partial charge in [0.25, 0.3) is 0 Å². The first-order chi connectivity index (χ1) is 8.67. The van der Waals surface area contributed by atoms with Gasteiger partial charge in [-0.05, 0) is 31.0 Å². The monoisotopic (exact) mass is 313 g/mol. The van der Waals surface area contributed by atoms with E-state index in [1.54, 1.807) is 0 Å². The Hall–Kier alpha value is -1.00. The van der Waals surface area contributed by atoms with Gasteiger partial charge in [-0.1, -0.05) is 35.5 Å². The summed E-state index contributed by atoms with van der Waals surface area (Å²) in [7, 11) is 0. The van der Waals surface area contributed by atoms with Gasteiger partial charge < -0.3 is 15.2 Å². The molecule has 0 aliphatic heterocycles. The van der Waals surface area contributed by atoms with E-state index in [0.717, 1.165) is 34.4 Å². The standard InChI is InChI=1S/C14H20BrNO2/c1-3-8-17-13-5-4-12(6-7-16)14(9-13)18-10-11(2)15/h4-5,9H,2-3,6-8,10,16H2,1H3. The van der Waals surface area contributed by atoms with Crippen LogP contribution in [0.25, 0.3) is 0 Å². The lowest BCUT2D eigenvalue weighted by atomic mass is 10.1. The van der Waals surface area contributed by atoms with Crippen molar-refractivity contribution < 1.29 is 9.47 Å². The van der Waals surface area contributed by atoms with Crippen LogP contribution in [-0.2, 0) is 6.42 Å². The minimum absolute atomic E-state index is 0.439. The van der Waals surface area contributed by atoms with Crippen molar-refractivity contribution in [1.29, 1.82) is 0 Å². The van der Waals surface area contributed by atoms with E-state index in [1.165, 1.54) is 0 Å². The van der Waals surface area contributed by atoms with E-state index in [2.05, 4.69) is 29.4 Å². The van der Waals surface area contributed by atoms with Crippen molar-refractivity contribution >= 4 is 15.9 Å². The summed E-state index contributed by atoms with van der Waals surface area (Å²) >= 11 is 3.28. The Balaban J connectivity index is 2.81. The summed E-state index contributed by atoms with van der Waals surface area (Å²) in [6.07, 6.45) is 1.77. The first-order valence-electron chi connectivity index (χ1n) is 6.09. The highest BCUT2D eigenvalue weighted by Gasteiger charge is 2.06. The third-order valence-corrected chi connectivity index (χ3v) is 2.54. The van der Waals surface area contributed by atoms with Crippen LogP contribution in [0.3, 0.4) is 0 Å². The van der Waals surface area contributed by atoms with Gasteiger partial charge >= 0.3 is 0 Å². The van der Waals surface area contributed by atoms with Crippen molar-refractivity contribution in [2.24, 2.45) is 5.73 Å². The van der Waals surface area contributed by atoms with Crippen LogP contribution in [-0.4, -0.2) is 19.8 Å². The summed E-state index contributed by atoms with van der Waals surface area (Å²) in [5, 5.41) is 0. The summed E-state index contributed by atoms with van der Waals surface area (Å²) in [5.41, 5.74) is 6.68. The summed E-state index contributed by atoms with van der Waals surface area (Å²) < 4.78 is 12.1. The molecule has 100 valence electrons.